The molecule has 0 unspecified atom stereocenters. The molecule has 0 saturated carbocycles. The molecule has 0 heterocycles. The highest BCUT2D eigenvalue weighted by molar-refractivity contribution is 5.99. The number of nitrogens with zero attached hydrogens (tertiary/aromatic N) is 1. The molecule has 298 valence electrons. The van der Waals surface area contributed by atoms with Gasteiger partial charge in [0.1, 0.15) is 41.7 Å². The average Bonchev–Trinajstić information content (AvgIpc) is 2.80. The summed E-state index contributed by atoms with van der Waals surface area (Å²) in [5.74, 6) is -1.69. The van der Waals surface area contributed by atoms with Crippen LogP contribution in [0.15, 0.2) is 0 Å². The summed E-state index contributed by atoms with van der Waals surface area (Å²) in [5, 5.41) is 2.76. The molecule has 0 aliphatic carbocycles. The molecule has 10 nitrogen and oxygen atoms in total. The number of ketones is 2. The van der Waals surface area contributed by atoms with Crippen molar-refractivity contribution in [1.82, 2.24) is 10.2 Å². The minimum atomic E-state index is -0.983. The summed E-state index contributed by atoms with van der Waals surface area (Å²) in [6, 6.07) is 0. The Morgan fingerprint density at radius 2 is 0.843 bits per heavy atom. The summed E-state index contributed by atoms with van der Waals surface area (Å²) < 4.78 is 17.7. The average molecular weight is 725 g/mol. The first-order valence-electron chi connectivity index (χ1n) is 18.4. The van der Waals surface area contributed by atoms with Crippen LogP contribution in [0.3, 0.4) is 0 Å². The van der Waals surface area contributed by atoms with Crippen molar-refractivity contribution in [2.24, 2.45) is 32.5 Å². The number of amides is 1. The molecule has 0 aliphatic heterocycles. The quantitative estimate of drug-likeness (QED) is 0.0601. The van der Waals surface area contributed by atoms with E-state index >= 15 is 0 Å². The molecule has 0 bridgehead atoms. The zero-order chi connectivity index (χ0) is 40.8. The van der Waals surface area contributed by atoms with E-state index < -0.39 is 57.0 Å². The Morgan fingerprint density at radius 3 is 1.12 bits per heavy atom. The van der Waals surface area contributed by atoms with Gasteiger partial charge in [-0.3, -0.25) is 24.1 Å². The standard InChI is InChI=1S/C41H76N2O8/c1-34(2,3)23-40(15,16)50-30(46)21-28(44)36(7,8)25-38(11,12)32(49-33(48)42-27-43(19)20)39(13,14)26-37(9,10)29(45)22-31(47)51-41(17,18)24-35(4,5)6/h32H,21-27H2,1-20H3,(H,42,48). The lowest BCUT2D eigenvalue weighted by atomic mass is 9.60. The van der Waals surface area contributed by atoms with Crippen LogP contribution in [-0.4, -0.2) is 72.6 Å². The van der Waals surface area contributed by atoms with Gasteiger partial charge in [-0.1, -0.05) is 96.9 Å². The van der Waals surface area contributed by atoms with Gasteiger partial charge in [-0.25, -0.2) is 4.79 Å². The zero-order valence-corrected chi connectivity index (χ0v) is 36.2. The van der Waals surface area contributed by atoms with Crippen molar-refractivity contribution in [3.8, 4) is 0 Å². The van der Waals surface area contributed by atoms with Gasteiger partial charge in [-0.05, 0) is 78.3 Å². The summed E-state index contributed by atoms with van der Waals surface area (Å²) in [4.78, 5) is 68.3. The predicted molar refractivity (Wildman–Crippen MR) is 204 cm³/mol. The van der Waals surface area contributed by atoms with E-state index in [0.717, 1.165) is 0 Å². The molecular weight excluding hydrogens is 648 g/mol. The van der Waals surface area contributed by atoms with Crippen LogP contribution in [0.25, 0.3) is 0 Å². The van der Waals surface area contributed by atoms with Crippen LogP contribution in [0.2, 0.25) is 0 Å². The lowest BCUT2D eigenvalue weighted by Crippen LogP contribution is -2.51. The fraction of sp³-hybridized carbons (Fsp3) is 0.878. The number of ether oxygens (including phenoxy) is 3. The Bertz CT molecular complexity index is 1140. The number of hydrogen-bond donors (Lipinski definition) is 1. The summed E-state index contributed by atoms with van der Waals surface area (Å²) in [7, 11) is 3.64. The van der Waals surface area contributed by atoms with Crippen LogP contribution in [0.4, 0.5) is 4.79 Å². The maximum absolute atomic E-state index is 13.7. The molecule has 0 radical (unpaired) electrons. The van der Waals surface area contributed by atoms with Crippen LogP contribution < -0.4 is 5.32 Å². The lowest BCUT2D eigenvalue weighted by molar-refractivity contribution is -0.162. The Balaban J connectivity index is 6.27. The number of nitrogens with one attached hydrogen (secondary N) is 1. The van der Waals surface area contributed by atoms with Crippen molar-refractivity contribution in [3.05, 3.63) is 0 Å². The van der Waals surface area contributed by atoms with Crippen LogP contribution in [0, 0.1) is 32.5 Å². The number of esters is 2. The maximum Gasteiger partial charge on any atom is 0.408 e. The third-order valence-electron chi connectivity index (χ3n) is 8.79. The minimum Gasteiger partial charge on any atom is -0.459 e. The van der Waals surface area contributed by atoms with Gasteiger partial charge in [0.15, 0.2) is 0 Å². The number of rotatable bonds is 19. The molecule has 0 aromatic carbocycles. The largest absolute Gasteiger partial charge is 0.459 e. The molecule has 0 fully saturated rings. The highest BCUT2D eigenvalue weighted by Gasteiger charge is 2.50. The highest BCUT2D eigenvalue weighted by Crippen LogP contribution is 2.49. The molecular formula is C41H76N2O8. The molecule has 0 aromatic heterocycles. The van der Waals surface area contributed by atoms with Crippen molar-refractivity contribution in [1.29, 1.82) is 0 Å². The molecule has 0 saturated heterocycles. The summed E-state index contributed by atoms with van der Waals surface area (Å²) in [6.45, 7) is 35.0. The van der Waals surface area contributed by atoms with Crippen LogP contribution >= 0.6 is 0 Å². The normalized spacial score (nSPS) is 14.0. The highest BCUT2D eigenvalue weighted by atomic mass is 16.6. The molecule has 1 amide bonds. The minimum absolute atomic E-state index is 0.0662. The molecule has 0 atom stereocenters. The van der Waals surface area contributed by atoms with Crippen molar-refractivity contribution in [3.63, 3.8) is 0 Å². The van der Waals surface area contributed by atoms with Crippen LogP contribution in [-0.2, 0) is 33.4 Å². The lowest BCUT2D eigenvalue weighted by Gasteiger charge is -2.48. The number of Topliss-reactive ketones (excluding diaryl/α,β-unsaturated/α-hetero) is 2. The van der Waals surface area contributed by atoms with Gasteiger partial charge >= 0.3 is 18.0 Å². The molecule has 51 heavy (non-hydrogen) atoms. The summed E-state index contributed by atoms with van der Waals surface area (Å²) in [5.41, 5.74) is -5.17. The number of carbonyl (C=O) groups is 5. The fourth-order valence-electron chi connectivity index (χ4n) is 8.46. The third-order valence-corrected chi connectivity index (χ3v) is 8.79. The summed E-state index contributed by atoms with van der Waals surface area (Å²) >= 11 is 0. The molecule has 0 spiro atoms. The monoisotopic (exact) mass is 725 g/mol. The molecule has 0 aromatic rings. The van der Waals surface area contributed by atoms with Gasteiger partial charge in [0.05, 0.1) is 6.67 Å². The van der Waals surface area contributed by atoms with Crippen molar-refractivity contribution >= 4 is 29.6 Å². The van der Waals surface area contributed by atoms with E-state index in [-0.39, 0.29) is 54.7 Å². The Morgan fingerprint density at radius 1 is 0.529 bits per heavy atom. The van der Waals surface area contributed by atoms with Crippen molar-refractivity contribution < 1.29 is 38.2 Å². The number of alkyl carbamates (subject to hydrolysis) is 1. The number of carbonyl (C=O) groups excluding carboxylic acids is 5. The Labute approximate surface area is 311 Å². The van der Waals surface area contributed by atoms with Gasteiger partial charge in [-0.15, -0.1) is 0 Å². The van der Waals surface area contributed by atoms with E-state index in [2.05, 4.69) is 46.9 Å². The second kappa shape index (κ2) is 17.1. The predicted octanol–water partition coefficient (Wildman–Crippen LogP) is 8.92. The van der Waals surface area contributed by atoms with E-state index in [1.54, 1.807) is 32.6 Å². The SMILES string of the molecule is CN(C)CNC(=O)OC(C(C)(C)CC(C)(C)C(=O)CC(=O)OC(C)(C)CC(C)(C)C)C(C)(C)CC(C)(C)C(=O)CC(=O)OC(C)(C)CC(C)(C)C. The first-order valence-corrected chi connectivity index (χ1v) is 18.4. The molecule has 1 N–H and O–H groups in total. The Hall–Kier alpha value is -2.49. The Kier molecular flexibility index (Phi) is 16.3. The smallest absolute Gasteiger partial charge is 0.408 e. The van der Waals surface area contributed by atoms with Gasteiger partial charge in [-0.2, -0.15) is 0 Å². The molecule has 0 aliphatic rings. The van der Waals surface area contributed by atoms with Gasteiger partial charge in [0.25, 0.3) is 0 Å². The molecule has 0 rings (SSSR count). The van der Waals surface area contributed by atoms with E-state index in [1.165, 1.54) is 0 Å². The second-order valence-corrected chi connectivity index (χ2v) is 21.4. The third kappa shape index (κ3) is 18.7. The second-order valence-electron chi connectivity index (χ2n) is 21.4. The van der Waals surface area contributed by atoms with E-state index in [9.17, 15) is 24.0 Å². The van der Waals surface area contributed by atoms with Crippen LogP contribution in [0.5, 0.6) is 0 Å². The van der Waals surface area contributed by atoms with Gasteiger partial charge in [0, 0.05) is 21.7 Å². The van der Waals surface area contributed by atoms with Crippen molar-refractivity contribution in [2.75, 3.05) is 20.8 Å². The van der Waals surface area contributed by atoms with Gasteiger partial charge < -0.3 is 19.5 Å². The fourth-order valence-corrected chi connectivity index (χ4v) is 8.46. The zero-order valence-electron chi connectivity index (χ0n) is 36.2. The first kappa shape index (κ1) is 48.5. The van der Waals surface area contributed by atoms with Crippen molar-refractivity contribution in [2.45, 2.75) is 180 Å². The van der Waals surface area contributed by atoms with E-state index in [4.69, 9.17) is 14.2 Å². The maximum atomic E-state index is 13.7. The van der Waals surface area contributed by atoms with E-state index in [1.807, 2.05) is 69.5 Å². The van der Waals surface area contributed by atoms with Gasteiger partial charge in [0.2, 0.25) is 0 Å². The van der Waals surface area contributed by atoms with Crippen LogP contribution in [0.1, 0.15) is 163 Å². The summed E-state index contributed by atoms with van der Waals surface area (Å²) in [6.07, 6.45) is -0.339. The topological polar surface area (TPSA) is 128 Å². The number of hydrogen-bond acceptors (Lipinski definition) is 9. The molecule has 10 heteroatoms. The van der Waals surface area contributed by atoms with E-state index in [0.29, 0.717) is 12.8 Å². The first-order chi connectivity index (χ1) is 22.3.